The quantitative estimate of drug-likeness (QED) is 0.596. The van der Waals surface area contributed by atoms with Crippen LogP contribution in [-0.2, 0) is 17.6 Å². The Morgan fingerprint density at radius 1 is 1.10 bits per heavy atom. The van der Waals surface area contributed by atoms with Crippen LogP contribution in [0.25, 0.3) is 0 Å². The number of Topliss-reactive ketones (excluding diaryl/α,β-unsaturated/α-hetero) is 1. The molecule has 1 atom stereocenters. The van der Waals surface area contributed by atoms with E-state index in [0.29, 0.717) is 11.3 Å². The van der Waals surface area contributed by atoms with Gasteiger partial charge in [0.1, 0.15) is 11.6 Å². The van der Waals surface area contributed by atoms with E-state index >= 15 is 0 Å². The number of hydrogen-bond donors (Lipinski definition) is 3. The molecule has 0 unspecified atom stereocenters. The topological polar surface area (TPSA) is 105 Å². The van der Waals surface area contributed by atoms with Gasteiger partial charge in [-0.15, -0.1) is 0 Å². The summed E-state index contributed by atoms with van der Waals surface area (Å²) in [6, 6.07) is 9.41. The number of benzene rings is 2. The Balaban J connectivity index is 2.34. The lowest BCUT2D eigenvalue weighted by atomic mass is 9.94. The molecule has 2 amide bonds. The number of ketones is 1. The van der Waals surface area contributed by atoms with Crippen molar-refractivity contribution in [1.29, 1.82) is 0 Å². The first-order valence-corrected chi connectivity index (χ1v) is 9.75. The van der Waals surface area contributed by atoms with Gasteiger partial charge in [-0.1, -0.05) is 18.2 Å². The minimum absolute atomic E-state index is 0.148. The maximum Gasteiger partial charge on any atom is 0.405 e. The van der Waals surface area contributed by atoms with Crippen LogP contribution in [0, 0.1) is 5.82 Å². The van der Waals surface area contributed by atoms with Gasteiger partial charge in [0.15, 0.2) is 5.78 Å². The maximum atomic E-state index is 14.0. The number of carbonyl (C=O) groups is 3. The number of amides is 2. The summed E-state index contributed by atoms with van der Waals surface area (Å²) in [5.74, 6) is -0.940. The Morgan fingerprint density at radius 3 is 2.35 bits per heavy atom. The molecule has 0 aliphatic carbocycles. The zero-order valence-electron chi connectivity index (χ0n) is 18.0. The Hall–Kier alpha value is -3.42. The van der Waals surface area contributed by atoms with Crippen molar-refractivity contribution in [2.45, 2.75) is 45.2 Å². The van der Waals surface area contributed by atoms with Crippen LogP contribution < -0.4 is 15.4 Å². The molecule has 8 heteroatoms. The van der Waals surface area contributed by atoms with E-state index in [1.54, 1.807) is 24.3 Å². The van der Waals surface area contributed by atoms with Crippen molar-refractivity contribution in [2.24, 2.45) is 0 Å². The molecule has 0 bridgehead atoms. The first kappa shape index (κ1) is 23.9. The van der Waals surface area contributed by atoms with Gasteiger partial charge in [-0.2, -0.15) is 0 Å². The van der Waals surface area contributed by atoms with Crippen LogP contribution in [0.4, 0.5) is 9.18 Å². The lowest BCUT2D eigenvalue weighted by Crippen LogP contribution is -2.43. The van der Waals surface area contributed by atoms with E-state index in [9.17, 15) is 18.8 Å². The summed E-state index contributed by atoms with van der Waals surface area (Å²) in [7, 11) is 1.46. The van der Waals surface area contributed by atoms with E-state index in [0.717, 1.165) is 0 Å². The van der Waals surface area contributed by atoms with Crippen molar-refractivity contribution < 1.29 is 28.6 Å². The highest BCUT2D eigenvalue weighted by Gasteiger charge is 2.25. The van der Waals surface area contributed by atoms with Gasteiger partial charge in [-0.05, 0) is 56.2 Å². The van der Waals surface area contributed by atoms with Crippen LogP contribution in [0.5, 0.6) is 5.75 Å². The first-order chi connectivity index (χ1) is 14.5. The molecule has 2 aromatic rings. The summed E-state index contributed by atoms with van der Waals surface area (Å²) in [5.41, 5.74) is 0.392. The SMILES string of the molecule is COc1ccc(C(=O)NC(C)(C)C)c(CC(=O)[C@@H](Cc2ccccc2F)NC(=O)O)c1. The van der Waals surface area contributed by atoms with E-state index in [2.05, 4.69) is 10.6 Å². The number of rotatable bonds is 8. The minimum Gasteiger partial charge on any atom is -0.497 e. The van der Waals surface area contributed by atoms with E-state index < -0.39 is 29.3 Å². The second kappa shape index (κ2) is 10.1. The largest absolute Gasteiger partial charge is 0.497 e. The Bertz CT molecular complexity index is 969. The van der Waals surface area contributed by atoms with Crippen LogP contribution in [0.3, 0.4) is 0 Å². The number of ether oxygens (including phenoxy) is 1. The maximum absolute atomic E-state index is 14.0. The zero-order chi connectivity index (χ0) is 23.2. The normalized spacial score (nSPS) is 12.0. The average molecular weight is 430 g/mol. The summed E-state index contributed by atoms with van der Waals surface area (Å²) < 4.78 is 19.3. The molecule has 3 N–H and O–H groups in total. The Kier molecular flexibility index (Phi) is 7.74. The fourth-order valence-corrected chi connectivity index (χ4v) is 3.06. The van der Waals surface area contributed by atoms with Gasteiger partial charge in [0.05, 0.1) is 13.2 Å². The van der Waals surface area contributed by atoms with Gasteiger partial charge in [-0.3, -0.25) is 9.59 Å². The van der Waals surface area contributed by atoms with Gasteiger partial charge in [0.25, 0.3) is 5.91 Å². The highest BCUT2D eigenvalue weighted by Crippen LogP contribution is 2.21. The predicted molar refractivity (Wildman–Crippen MR) is 114 cm³/mol. The van der Waals surface area contributed by atoms with Crippen molar-refractivity contribution in [2.75, 3.05) is 7.11 Å². The smallest absolute Gasteiger partial charge is 0.405 e. The first-order valence-electron chi connectivity index (χ1n) is 9.75. The molecule has 0 spiro atoms. The van der Waals surface area contributed by atoms with Crippen LogP contribution in [0.15, 0.2) is 42.5 Å². The fraction of sp³-hybridized carbons (Fsp3) is 0.348. The average Bonchev–Trinajstić information content (AvgIpc) is 2.67. The molecule has 7 nitrogen and oxygen atoms in total. The summed E-state index contributed by atoms with van der Waals surface area (Å²) in [4.78, 5) is 37.0. The van der Waals surface area contributed by atoms with E-state index in [-0.39, 0.29) is 29.9 Å². The molecule has 0 saturated heterocycles. The molecule has 0 aromatic heterocycles. The van der Waals surface area contributed by atoms with Crippen LogP contribution in [-0.4, -0.2) is 41.6 Å². The molecule has 0 heterocycles. The number of carboxylic acid groups (broad SMARTS) is 1. The van der Waals surface area contributed by atoms with Crippen molar-refractivity contribution in [3.8, 4) is 5.75 Å². The fourth-order valence-electron chi connectivity index (χ4n) is 3.06. The number of hydrogen-bond acceptors (Lipinski definition) is 4. The molecule has 31 heavy (non-hydrogen) atoms. The molecule has 0 aliphatic heterocycles. The van der Waals surface area contributed by atoms with Gasteiger partial charge >= 0.3 is 6.09 Å². The third kappa shape index (κ3) is 7.09. The highest BCUT2D eigenvalue weighted by molar-refractivity contribution is 5.98. The highest BCUT2D eigenvalue weighted by atomic mass is 19.1. The lowest BCUT2D eigenvalue weighted by Gasteiger charge is -2.22. The molecule has 166 valence electrons. The van der Waals surface area contributed by atoms with Gasteiger partial charge in [0.2, 0.25) is 0 Å². The van der Waals surface area contributed by atoms with Crippen LogP contribution in [0.2, 0.25) is 0 Å². The third-order valence-electron chi connectivity index (χ3n) is 4.48. The number of methoxy groups -OCH3 is 1. The molecule has 2 rings (SSSR count). The standard InChI is InChI=1S/C23H27FN2O5/c1-23(2,3)26-21(28)17-10-9-16(31-4)11-15(17)13-20(27)19(25-22(29)30)12-14-7-5-6-8-18(14)24/h5-11,19,25H,12-13H2,1-4H3,(H,26,28)(H,29,30)/t19-/m1/s1. The third-order valence-corrected chi connectivity index (χ3v) is 4.48. The van der Waals surface area contributed by atoms with Gasteiger partial charge < -0.3 is 20.5 Å². The summed E-state index contributed by atoms with van der Waals surface area (Å²) in [6.07, 6.45) is -1.78. The van der Waals surface area contributed by atoms with Crippen LogP contribution >= 0.6 is 0 Å². The van der Waals surface area contributed by atoms with Crippen molar-refractivity contribution >= 4 is 17.8 Å². The zero-order valence-corrected chi connectivity index (χ0v) is 18.0. The Labute approximate surface area is 180 Å². The van der Waals surface area contributed by atoms with Crippen molar-refractivity contribution in [3.05, 3.63) is 65.0 Å². The molecular formula is C23H27FN2O5. The van der Waals surface area contributed by atoms with E-state index in [4.69, 9.17) is 9.84 Å². The monoisotopic (exact) mass is 430 g/mol. The number of halogens is 1. The van der Waals surface area contributed by atoms with Gasteiger partial charge in [0, 0.05) is 23.9 Å². The molecule has 0 aliphatic rings. The molecule has 0 radical (unpaired) electrons. The predicted octanol–water partition coefficient (Wildman–Crippen LogP) is 3.35. The summed E-state index contributed by atoms with van der Waals surface area (Å²) in [5, 5.41) is 14.2. The number of carbonyl (C=O) groups excluding carboxylic acids is 2. The lowest BCUT2D eigenvalue weighted by molar-refractivity contribution is -0.120. The van der Waals surface area contributed by atoms with Crippen LogP contribution in [0.1, 0.15) is 42.3 Å². The molecule has 0 saturated carbocycles. The second-order valence-corrected chi connectivity index (χ2v) is 8.17. The molecule has 2 aromatic carbocycles. The second-order valence-electron chi connectivity index (χ2n) is 8.17. The van der Waals surface area contributed by atoms with E-state index in [1.165, 1.54) is 25.3 Å². The number of nitrogens with one attached hydrogen (secondary N) is 2. The van der Waals surface area contributed by atoms with Crippen molar-refractivity contribution in [1.82, 2.24) is 10.6 Å². The molecular weight excluding hydrogens is 403 g/mol. The Morgan fingerprint density at radius 2 is 1.77 bits per heavy atom. The molecule has 0 fully saturated rings. The van der Waals surface area contributed by atoms with E-state index in [1.807, 2.05) is 20.8 Å². The van der Waals surface area contributed by atoms with Crippen molar-refractivity contribution in [3.63, 3.8) is 0 Å². The minimum atomic E-state index is -1.40. The summed E-state index contributed by atoms with van der Waals surface area (Å²) in [6.45, 7) is 5.50. The van der Waals surface area contributed by atoms with Gasteiger partial charge in [-0.25, -0.2) is 9.18 Å². The summed E-state index contributed by atoms with van der Waals surface area (Å²) >= 11 is 0.